The number of methoxy groups -OCH3 is 1. The number of halogens is 1. The summed E-state index contributed by atoms with van der Waals surface area (Å²) in [5, 5.41) is 0. The second-order valence-corrected chi connectivity index (χ2v) is 4.93. The van der Waals surface area contributed by atoms with Crippen molar-refractivity contribution in [2.45, 2.75) is 25.3 Å². The Balaban J connectivity index is 2.43. The lowest BCUT2D eigenvalue weighted by Crippen LogP contribution is -2.32. The molecule has 0 aromatic heterocycles. The molecule has 0 aliphatic rings. The predicted molar refractivity (Wildman–Crippen MR) is 71.9 cm³/mol. The van der Waals surface area contributed by atoms with Gasteiger partial charge >= 0.3 is 0 Å². The van der Waals surface area contributed by atoms with Gasteiger partial charge in [-0.1, -0.05) is 28.1 Å². The van der Waals surface area contributed by atoms with Gasteiger partial charge in [0.2, 0.25) is 0 Å². The van der Waals surface area contributed by atoms with Gasteiger partial charge in [-0.15, -0.1) is 0 Å². The third kappa shape index (κ3) is 5.44. The van der Waals surface area contributed by atoms with Gasteiger partial charge in [0.15, 0.2) is 5.78 Å². The lowest BCUT2D eigenvalue weighted by atomic mass is 10.0. The second kappa shape index (κ2) is 7.58. The third-order valence-corrected chi connectivity index (χ3v) is 3.04. The quantitative estimate of drug-likeness (QED) is 0.786. The van der Waals surface area contributed by atoms with Crippen LogP contribution < -0.4 is 5.73 Å². The third-order valence-electron chi connectivity index (χ3n) is 2.54. The summed E-state index contributed by atoms with van der Waals surface area (Å²) in [5.74, 6) is 0.0826. The zero-order chi connectivity index (χ0) is 12.7. The van der Waals surface area contributed by atoms with Crippen LogP contribution >= 0.6 is 15.9 Å². The molecule has 3 nitrogen and oxygen atoms in total. The van der Waals surface area contributed by atoms with Crippen LogP contribution in [-0.2, 0) is 16.0 Å². The molecule has 1 unspecified atom stereocenters. The number of hydrogen-bond acceptors (Lipinski definition) is 3. The van der Waals surface area contributed by atoms with Crippen molar-refractivity contribution in [3.8, 4) is 0 Å². The van der Waals surface area contributed by atoms with Crippen LogP contribution in [-0.4, -0.2) is 25.5 Å². The molecular weight excluding hydrogens is 282 g/mol. The first-order chi connectivity index (χ1) is 8.13. The molecule has 0 saturated carbocycles. The molecule has 0 aliphatic carbocycles. The molecule has 17 heavy (non-hydrogen) atoms. The smallest absolute Gasteiger partial charge is 0.153 e. The Labute approximate surface area is 110 Å². The van der Waals surface area contributed by atoms with E-state index >= 15 is 0 Å². The van der Waals surface area contributed by atoms with Crippen LogP contribution in [0.5, 0.6) is 0 Å². The molecule has 2 N–H and O–H groups in total. The normalized spacial score (nSPS) is 12.4. The first-order valence-corrected chi connectivity index (χ1v) is 6.44. The van der Waals surface area contributed by atoms with Crippen LogP contribution in [0.15, 0.2) is 28.7 Å². The minimum Gasteiger partial charge on any atom is -0.385 e. The molecule has 1 atom stereocenters. The Morgan fingerprint density at radius 3 is 2.94 bits per heavy atom. The molecule has 1 aromatic carbocycles. The van der Waals surface area contributed by atoms with Crippen molar-refractivity contribution in [1.82, 2.24) is 0 Å². The maximum absolute atomic E-state index is 11.8. The highest BCUT2D eigenvalue weighted by Crippen LogP contribution is 2.13. The molecule has 1 aromatic rings. The van der Waals surface area contributed by atoms with Crippen LogP contribution in [0.25, 0.3) is 0 Å². The van der Waals surface area contributed by atoms with Crippen LogP contribution in [0, 0.1) is 0 Å². The molecule has 1 rings (SSSR count). The molecule has 0 fully saturated rings. The number of rotatable bonds is 7. The van der Waals surface area contributed by atoms with Gasteiger partial charge < -0.3 is 10.5 Å². The number of carbonyl (C=O) groups is 1. The Bertz CT molecular complexity index is 368. The summed E-state index contributed by atoms with van der Waals surface area (Å²) >= 11 is 3.38. The molecule has 4 heteroatoms. The fourth-order valence-electron chi connectivity index (χ4n) is 1.59. The summed E-state index contributed by atoms with van der Waals surface area (Å²) in [4.78, 5) is 11.8. The van der Waals surface area contributed by atoms with Crippen molar-refractivity contribution in [1.29, 1.82) is 0 Å². The number of nitrogens with two attached hydrogens (primary N) is 1. The number of Topliss-reactive ketones (excluding diaryl/α,β-unsaturated/α-hetero) is 1. The molecular formula is C13H18BrNO2. The van der Waals surface area contributed by atoms with Gasteiger partial charge in [0.25, 0.3) is 0 Å². The van der Waals surface area contributed by atoms with Crippen molar-refractivity contribution in [3.05, 3.63) is 34.3 Å². The fourth-order valence-corrected chi connectivity index (χ4v) is 2.03. The Hall–Kier alpha value is -0.710. The molecule has 0 heterocycles. The average molecular weight is 300 g/mol. The highest BCUT2D eigenvalue weighted by molar-refractivity contribution is 9.10. The van der Waals surface area contributed by atoms with Gasteiger partial charge in [-0.05, 0) is 30.5 Å². The van der Waals surface area contributed by atoms with Gasteiger partial charge in [0.1, 0.15) is 0 Å². The Morgan fingerprint density at radius 2 is 2.29 bits per heavy atom. The van der Waals surface area contributed by atoms with Crippen molar-refractivity contribution < 1.29 is 9.53 Å². The first-order valence-electron chi connectivity index (χ1n) is 5.65. The largest absolute Gasteiger partial charge is 0.385 e. The summed E-state index contributed by atoms with van der Waals surface area (Å²) in [6.45, 7) is 0.651. The summed E-state index contributed by atoms with van der Waals surface area (Å²) < 4.78 is 5.92. The van der Waals surface area contributed by atoms with Gasteiger partial charge in [-0.25, -0.2) is 0 Å². The van der Waals surface area contributed by atoms with Crippen LogP contribution in [0.4, 0.5) is 0 Å². The predicted octanol–water partition coefficient (Wildman–Crippen LogP) is 2.31. The molecule has 0 bridgehead atoms. The molecule has 0 amide bonds. The van der Waals surface area contributed by atoms with Crippen molar-refractivity contribution in [2.75, 3.05) is 13.7 Å². The molecule has 0 saturated heterocycles. The number of carbonyl (C=O) groups excluding carboxylic acids is 1. The summed E-state index contributed by atoms with van der Waals surface area (Å²) in [6.07, 6.45) is 1.90. The van der Waals surface area contributed by atoms with E-state index in [0.717, 1.165) is 16.5 Å². The van der Waals surface area contributed by atoms with E-state index < -0.39 is 0 Å². The van der Waals surface area contributed by atoms with Gasteiger partial charge in [0, 0.05) is 24.6 Å². The lowest BCUT2D eigenvalue weighted by molar-refractivity contribution is -0.119. The molecule has 94 valence electrons. The Morgan fingerprint density at radius 1 is 1.53 bits per heavy atom. The average Bonchev–Trinajstić information content (AvgIpc) is 2.29. The molecule has 0 spiro atoms. The van der Waals surface area contributed by atoms with E-state index in [1.165, 1.54) is 0 Å². The van der Waals surface area contributed by atoms with E-state index in [1.54, 1.807) is 7.11 Å². The topological polar surface area (TPSA) is 52.3 Å². The fraction of sp³-hybridized carbons (Fsp3) is 0.462. The monoisotopic (exact) mass is 299 g/mol. The van der Waals surface area contributed by atoms with E-state index in [2.05, 4.69) is 15.9 Å². The summed E-state index contributed by atoms with van der Waals surface area (Å²) in [5.41, 5.74) is 6.82. The second-order valence-electron chi connectivity index (χ2n) is 4.01. The SMILES string of the molecule is COCCCC(N)C(=O)Cc1cccc(Br)c1. The number of hydrogen-bond donors (Lipinski definition) is 1. The van der Waals surface area contributed by atoms with Crippen LogP contribution in [0.1, 0.15) is 18.4 Å². The number of ether oxygens (including phenoxy) is 1. The van der Waals surface area contributed by atoms with Crippen LogP contribution in [0.3, 0.4) is 0 Å². The number of benzene rings is 1. The van der Waals surface area contributed by atoms with E-state index in [0.29, 0.717) is 19.4 Å². The van der Waals surface area contributed by atoms with E-state index in [-0.39, 0.29) is 11.8 Å². The summed E-state index contributed by atoms with van der Waals surface area (Å²) in [6, 6.07) is 7.35. The Kier molecular flexibility index (Phi) is 6.40. The van der Waals surface area contributed by atoms with Crippen molar-refractivity contribution in [2.24, 2.45) is 5.73 Å². The zero-order valence-corrected chi connectivity index (χ0v) is 11.6. The minimum absolute atomic E-state index is 0.0826. The van der Waals surface area contributed by atoms with Crippen LogP contribution in [0.2, 0.25) is 0 Å². The maximum atomic E-state index is 11.8. The van der Waals surface area contributed by atoms with E-state index in [4.69, 9.17) is 10.5 Å². The molecule has 0 radical (unpaired) electrons. The van der Waals surface area contributed by atoms with Gasteiger partial charge in [-0.2, -0.15) is 0 Å². The highest BCUT2D eigenvalue weighted by atomic mass is 79.9. The maximum Gasteiger partial charge on any atom is 0.153 e. The van der Waals surface area contributed by atoms with E-state index in [1.807, 2.05) is 24.3 Å². The zero-order valence-electron chi connectivity index (χ0n) is 9.99. The number of ketones is 1. The highest BCUT2D eigenvalue weighted by Gasteiger charge is 2.13. The summed E-state index contributed by atoms with van der Waals surface area (Å²) in [7, 11) is 1.65. The van der Waals surface area contributed by atoms with Gasteiger partial charge in [0.05, 0.1) is 6.04 Å². The van der Waals surface area contributed by atoms with Gasteiger partial charge in [-0.3, -0.25) is 4.79 Å². The standard InChI is InChI=1S/C13H18BrNO2/c1-17-7-3-6-12(15)13(16)9-10-4-2-5-11(14)8-10/h2,4-5,8,12H,3,6-7,9,15H2,1H3. The lowest BCUT2D eigenvalue weighted by Gasteiger charge is -2.10. The van der Waals surface area contributed by atoms with E-state index in [9.17, 15) is 4.79 Å². The first kappa shape index (κ1) is 14.4. The minimum atomic E-state index is -0.385. The van der Waals surface area contributed by atoms with Crippen molar-refractivity contribution in [3.63, 3.8) is 0 Å². The van der Waals surface area contributed by atoms with Crippen molar-refractivity contribution >= 4 is 21.7 Å². The molecule has 0 aliphatic heterocycles.